The number of carbonyl (C=O) groups is 1. The van der Waals surface area contributed by atoms with Gasteiger partial charge in [-0.2, -0.15) is 0 Å². The molecule has 1 aromatic rings. The summed E-state index contributed by atoms with van der Waals surface area (Å²) >= 11 is 0. The third-order valence-electron chi connectivity index (χ3n) is 3.00. The summed E-state index contributed by atoms with van der Waals surface area (Å²) < 4.78 is 13.7. The van der Waals surface area contributed by atoms with E-state index in [1.807, 2.05) is 18.7 Å². The van der Waals surface area contributed by atoms with E-state index in [4.69, 9.17) is 10.2 Å². The van der Waals surface area contributed by atoms with Crippen molar-refractivity contribution >= 4 is 5.97 Å². The maximum Gasteiger partial charge on any atom is 0.335 e. The van der Waals surface area contributed by atoms with Crippen molar-refractivity contribution in [3.8, 4) is 0 Å². The Labute approximate surface area is 112 Å². The molecule has 0 aromatic heterocycles. The van der Waals surface area contributed by atoms with Crippen molar-refractivity contribution < 1.29 is 19.4 Å². The fourth-order valence-corrected chi connectivity index (χ4v) is 1.84. The number of hydrogen-bond donors (Lipinski definition) is 2. The van der Waals surface area contributed by atoms with Crippen LogP contribution in [0.3, 0.4) is 0 Å². The van der Waals surface area contributed by atoms with E-state index >= 15 is 0 Å². The molecule has 0 aliphatic heterocycles. The van der Waals surface area contributed by atoms with Crippen LogP contribution in [0.1, 0.15) is 36.2 Å². The van der Waals surface area contributed by atoms with Crippen LogP contribution in [0.15, 0.2) is 18.2 Å². The molecular weight excluding hydrogens is 249 g/mol. The number of aromatic carboxylic acids is 1. The van der Waals surface area contributed by atoms with Crippen LogP contribution >= 0.6 is 0 Å². The fourth-order valence-electron chi connectivity index (χ4n) is 1.84. The summed E-state index contributed by atoms with van der Waals surface area (Å²) in [5.41, 5.74) is 0.453. The molecule has 106 valence electrons. The van der Waals surface area contributed by atoms with Gasteiger partial charge < -0.3 is 10.2 Å². The standard InChI is InChI=1S/C14H20FNO3/c1-10(2)16(6-3-7-17)9-12-8-11(14(18)19)4-5-13(12)15/h4-5,8,10,17H,3,6-7,9H2,1-2H3,(H,18,19). The highest BCUT2D eigenvalue weighted by Crippen LogP contribution is 2.15. The maximum absolute atomic E-state index is 13.7. The van der Waals surface area contributed by atoms with Crippen LogP contribution in [-0.2, 0) is 6.54 Å². The van der Waals surface area contributed by atoms with Crippen molar-refractivity contribution in [2.75, 3.05) is 13.2 Å². The molecule has 0 aliphatic carbocycles. The second kappa shape index (κ2) is 7.21. The van der Waals surface area contributed by atoms with E-state index in [-0.39, 0.29) is 18.2 Å². The van der Waals surface area contributed by atoms with Gasteiger partial charge in [-0.1, -0.05) is 0 Å². The third-order valence-corrected chi connectivity index (χ3v) is 3.00. The smallest absolute Gasteiger partial charge is 0.335 e. The lowest BCUT2D eigenvalue weighted by atomic mass is 10.1. The zero-order chi connectivity index (χ0) is 14.4. The van der Waals surface area contributed by atoms with Gasteiger partial charge in [0.2, 0.25) is 0 Å². The van der Waals surface area contributed by atoms with Crippen LogP contribution in [-0.4, -0.2) is 40.3 Å². The molecule has 0 unspecified atom stereocenters. The molecule has 0 heterocycles. The summed E-state index contributed by atoms with van der Waals surface area (Å²) in [6.45, 7) is 5.03. The number of nitrogens with zero attached hydrogens (tertiary/aromatic N) is 1. The van der Waals surface area contributed by atoms with Crippen LogP contribution in [0.2, 0.25) is 0 Å². The number of benzene rings is 1. The second-order valence-electron chi connectivity index (χ2n) is 4.75. The van der Waals surface area contributed by atoms with Gasteiger partial charge >= 0.3 is 5.97 Å². The summed E-state index contributed by atoms with van der Waals surface area (Å²) in [5, 5.41) is 17.8. The van der Waals surface area contributed by atoms with E-state index in [2.05, 4.69) is 0 Å². The van der Waals surface area contributed by atoms with Crippen molar-refractivity contribution in [1.82, 2.24) is 4.90 Å². The van der Waals surface area contributed by atoms with Crippen molar-refractivity contribution in [2.24, 2.45) is 0 Å². The maximum atomic E-state index is 13.7. The van der Waals surface area contributed by atoms with Gasteiger partial charge in [-0.05, 0) is 38.5 Å². The molecule has 19 heavy (non-hydrogen) atoms. The highest BCUT2D eigenvalue weighted by atomic mass is 19.1. The first-order valence-electron chi connectivity index (χ1n) is 6.32. The quantitative estimate of drug-likeness (QED) is 0.796. The number of aliphatic hydroxyl groups is 1. The summed E-state index contributed by atoms with van der Waals surface area (Å²) in [7, 11) is 0. The van der Waals surface area contributed by atoms with Crippen LogP contribution in [0.25, 0.3) is 0 Å². The Kier molecular flexibility index (Phi) is 5.92. The second-order valence-corrected chi connectivity index (χ2v) is 4.75. The molecule has 1 aromatic carbocycles. The van der Waals surface area contributed by atoms with Crippen LogP contribution in [0.4, 0.5) is 4.39 Å². The minimum atomic E-state index is -1.06. The fraction of sp³-hybridized carbons (Fsp3) is 0.500. The lowest BCUT2D eigenvalue weighted by Gasteiger charge is -2.26. The van der Waals surface area contributed by atoms with Gasteiger partial charge in [-0.3, -0.25) is 4.90 Å². The highest BCUT2D eigenvalue weighted by molar-refractivity contribution is 5.87. The average Bonchev–Trinajstić information content (AvgIpc) is 2.35. The summed E-state index contributed by atoms with van der Waals surface area (Å²) in [6.07, 6.45) is 0.610. The predicted octanol–water partition coefficient (Wildman–Crippen LogP) is 2.12. The number of hydrogen-bond acceptors (Lipinski definition) is 3. The monoisotopic (exact) mass is 269 g/mol. The zero-order valence-electron chi connectivity index (χ0n) is 11.3. The largest absolute Gasteiger partial charge is 0.478 e. The van der Waals surface area contributed by atoms with E-state index in [1.165, 1.54) is 18.2 Å². The van der Waals surface area contributed by atoms with Gasteiger partial charge in [0.05, 0.1) is 5.56 Å². The number of aliphatic hydroxyl groups excluding tert-OH is 1. The molecule has 0 radical (unpaired) electrons. The van der Waals surface area contributed by atoms with Gasteiger partial charge in [-0.25, -0.2) is 9.18 Å². The Morgan fingerprint density at radius 2 is 2.11 bits per heavy atom. The molecule has 4 nitrogen and oxygen atoms in total. The highest BCUT2D eigenvalue weighted by Gasteiger charge is 2.14. The average molecular weight is 269 g/mol. The van der Waals surface area contributed by atoms with E-state index in [0.29, 0.717) is 25.1 Å². The molecule has 1 rings (SSSR count). The molecule has 0 amide bonds. The van der Waals surface area contributed by atoms with Gasteiger partial charge in [0.1, 0.15) is 5.82 Å². The summed E-state index contributed by atoms with van der Waals surface area (Å²) in [6, 6.07) is 4.00. The Bertz CT molecular complexity index is 435. The van der Waals surface area contributed by atoms with Crippen LogP contribution < -0.4 is 0 Å². The van der Waals surface area contributed by atoms with E-state index in [1.54, 1.807) is 0 Å². The van der Waals surface area contributed by atoms with Crippen LogP contribution in [0.5, 0.6) is 0 Å². The topological polar surface area (TPSA) is 60.8 Å². The summed E-state index contributed by atoms with van der Waals surface area (Å²) in [4.78, 5) is 12.9. The molecule has 5 heteroatoms. The predicted molar refractivity (Wildman–Crippen MR) is 70.6 cm³/mol. The molecule has 0 aliphatic rings. The van der Waals surface area contributed by atoms with Crippen LogP contribution in [0, 0.1) is 5.82 Å². The van der Waals surface area contributed by atoms with Gasteiger partial charge in [0, 0.05) is 31.3 Å². The Balaban J connectivity index is 2.88. The van der Waals surface area contributed by atoms with Gasteiger partial charge in [-0.15, -0.1) is 0 Å². The van der Waals surface area contributed by atoms with Crippen molar-refractivity contribution in [2.45, 2.75) is 32.9 Å². The molecule has 2 N–H and O–H groups in total. The molecule has 0 saturated heterocycles. The first-order chi connectivity index (χ1) is 8.95. The normalized spacial score (nSPS) is 11.3. The number of halogens is 1. The van der Waals surface area contributed by atoms with E-state index in [9.17, 15) is 9.18 Å². The Morgan fingerprint density at radius 3 is 2.63 bits per heavy atom. The molecule has 0 spiro atoms. The van der Waals surface area contributed by atoms with E-state index in [0.717, 1.165) is 0 Å². The third kappa shape index (κ3) is 4.61. The lowest BCUT2D eigenvalue weighted by molar-refractivity contribution is 0.0696. The minimum Gasteiger partial charge on any atom is -0.478 e. The van der Waals surface area contributed by atoms with Crippen molar-refractivity contribution in [1.29, 1.82) is 0 Å². The number of carboxylic acid groups (broad SMARTS) is 1. The Morgan fingerprint density at radius 1 is 1.42 bits per heavy atom. The zero-order valence-corrected chi connectivity index (χ0v) is 11.3. The van der Waals surface area contributed by atoms with Crippen molar-refractivity contribution in [3.63, 3.8) is 0 Å². The van der Waals surface area contributed by atoms with Gasteiger partial charge in [0.25, 0.3) is 0 Å². The lowest BCUT2D eigenvalue weighted by Crippen LogP contribution is -2.32. The Hall–Kier alpha value is -1.46. The molecular formula is C14H20FNO3. The van der Waals surface area contributed by atoms with Crippen molar-refractivity contribution in [3.05, 3.63) is 35.1 Å². The first kappa shape index (κ1) is 15.6. The minimum absolute atomic E-state index is 0.0842. The molecule has 0 atom stereocenters. The van der Waals surface area contributed by atoms with E-state index < -0.39 is 11.8 Å². The SMILES string of the molecule is CC(C)N(CCCO)Cc1cc(C(=O)O)ccc1F. The summed E-state index contributed by atoms with van der Waals surface area (Å²) in [5.74, 6) is -1.47. The molecule has 0 bridgehead atoms. The first-order valence-corrected chi connectivity index (χ1v) is 6.32. The molecule has 0 fully saturated rings. The number of rotatable bonds is 7. The number of carboxylic acids is 1. The van der Waals surface area contributed by atoms with Gasteiger partial charge in [0.15, 0.2) is 0 Å². The molecule has 0 saturated carbocycles.